The van der Waals surface area contributed by atoms with Gasteiger partial charge in [0.1, 0.15) is 17.8 Å². The predicted octanol–water partition coefficient (Wildman–Crippen LogP) is 8.76. The van der Waals surface area contributed by atoms with Gasteiger partial charge in [-0.15, -0.1) is 0 Å². The van der Waals surface area contributed by atoms with Gasteiger partial charge in [0.2, 0.25) is 0 Å². The SMILES string of the molecule is CCOC(C)OC1CCC(C)(OC(C)OCC)C(OC(C)=O)C=CC(C)C(C(C)=CC=CC(C)(CC2OC2C(C)C(CC)OC(C)OCC)OC(C)OCC)OC(=O)C1. The standard InChI is InChI=1S/C46H80O13/c1-16-39(55-35(11)50-18-3)32(8)44-40(56-44)29-45(14,58-36(12)51-19-4)26-21-22-30(6)43-31(7)23-24-41(53-33(9)47)46(15,59-37(13)52-20-5)27-25-38(28-42(48)57-43)54-34(10)49-17-2/h21-24,26,31-32,34-41,43-44H,16-20,25,27-29H2,1-15H3. The van der Waals surface area contributed by atoms with E-state index in [4.69, 9.17) is 52.1 Å². The monoisotopic (exact) mass is 841 g/mol. The van der Waals surface area contributed by atoms with Crippen molar-refractivity contribution >= 4 is 11.9 Å². The molecule has 2 rings (SSSR count). The Labute approximate surface area is 356 Å². The van der Waals surface area contributed by atoms with E-state index in [2.05, 4.69) is 13.8 Å². The minimum absolute atomic E-state index is 0.00832. The molecule has 0 aromatic carbocycles. The Morgan fingerprint density at radius 3 is 2.14 bits per heavy atom. The molecule has 0 N–H and O–H groups in total. The first-order valence-electron chi connectivity index (χ1n) is 22.0. The average molecular weight is 841 g/mol. The smallest absolute Gasteiger partial charge is 0.309 e. The normalized spacial score (nSPS) is 29.9. The lowest BCUT2D eigenvalue weighted by Crippen LogP contribution is -2.47. The van der Waals surface area contributed by atoms with Crippen LogP contribution in [0.15, 0.2) is 36.0 Å². The molecule has 342 valence electrons. The van der Waals surface area contributed by atoms with Gasteiger partial charge >= 0.3 is 11.9 Å². The molecule has 13 heteroatoms. The third kappa shape index (κ3) is 18.8. The first-order chi connectivity index (χ1) is 27.8. The molecule has 0 aromatic rings. The molecule has 0 amide bonds. The number of epoxide rings is 1. The Balaban J connectivity index is 2.48. The second-order valence-corrected chi connectivity index (χ2v) is 16.2. The number of allylic oxidation sites excluding steroid dienone is 2. The molecule has 1 fully saturated rings. The van der Waals surface area contributed by atoms with Crippen LogP contribution in [0.5, 0.6) is 0 Å². The van der Waals surface area contributed by atoms with Crippen LogP contribution in [0.3, 0.4) is 0 Å². The van der Waals surface area contributed by atoms with Crippen LogP contribution in [0, 0.1) is 11.8 Å². The Hall–Kier alpha value is -2.20. The molecule has 0 bridgehead atoms. The molecule has 0 spiro atoms. The number of rotatable bonds is 25. The lowest BCUT2D eigenvalue weighted by atomic mass is 9.88. The molecule has 1 saturated heterocycles. The molecule has 59 heavy (non-hydrogen) atoms. The van der Waals surface area contributed by atoms with Crippen LogP contribution in [-0.2, 0) is 61.7 Å². The number of hydrogen-bond donors (Lipinski definition) is 0. The minimum atomic E-state index is -1.02. The van der Waals surface area contributed by atoms with Crippen molar-refractivity contribution in [2.24, 2.45) is 11.8 Å². The number of carbonyl (C=O) groups is 2. The zero-order valence-electron chi connectivity index (χ0n) is 39.0. The predicted molar refractivity (Wildman–Crippen MR) is 226 cm³/mol. The fourth-order valence-electron chi connectivity index (χ4n) is 7.85. The third-order valence-corrected chi connectivity index (χ3v) is 10.8. The second-order valence-electron chi connectivity index (χ2n) is 16.2. The third-order valence-electron chi connectivity index (χ3n) is 10.8. The molecule has 0 aromatic heterocycles. The van der Waals surface area contributed by atoms with Gasteiger partial charge in [-0.25, -0.2) is 0 Å². The number of ether oxygens (including phenoxy) is 11. The summed E-state index contributed by atoms with van der Waals surface area (Å²) in [7, 11) is 0. The summed E-state index contributed by atoms with van der Waals surface area (Å²) in [5, 5.41) is 0. The summed E-state index contributed by atoms with van der Waals surface area (Å²) in [6.45, 7) is 30.6. The van der Waals surface area contributed by atoms with Crippen molar-refractivity contribution < 1.29 is 61.7 Å². The molecular weight excluding hydrogens is 760 g/mol. The summed E-state index contributed by atoms with van der Waals surface area (Å²) in [5.41, 5.74) is -0.961. The molecule has 0 radical (unpaired) electrons. The zero-order valence-corrected chi connectivity index (χ0v) is 39.0. The van der Waals surface area contributed by atoms with Gasteiger partial charge < -0.3 is 52.1 Å². The van der Waals surface area contributed by atoms with E-state index in [-0.39, 0.29) is 42.9 Å². The van der Waals surface area contributed by atoms with Gasteiger partial charge in [-0.2, -0.15) is 0 Å². The topological polar surface area (TPSA) is 139 Å². The summed E-state index contributed by atoms with van der Waals surface area (Å²) in [4.78, 5) is 26.2. The van der Waals surface area contributed by atoms with E-state index < -0.39 is 60.3 Å². The van der Waals surface area contributed by atoms with Crippen molar-refractivity contribution in [1.29, 1.82) is 0 Å². The molecule has 13 nitrogen and oxygen atoms in total. The van der Waals surface area contributed by atoms with Gasteiger partial charge in [0.15, 0.2) is 25.2 Å². The van der Waals surface area contributed by atoms with Gasteiger partial charge in [-0.1, -0.05) is 45.1 Å². The van der Waals surface area contributed by atoms with Crippen molar-refractivity contribution in [3.63, 3.8) is 0 Å². The highest BCUT2D eigenvalue weighted by Crippen LogP contribution is 2.40. The van der Waals surface area contributed by atoms with Crippen LogP contribution < -0.4 is 0 Å². The summed E-state index contributed by atoms with van der Waals surface area (Å²) in [6.07, 6.45) is 7.93. The molecule has 14 unspecified atom stereocenters. The lowest BCUT2D eigenvalue weighted by molar-refractivity contribution is -0.230. The van der Waals surface area contributed by atoms with Crippen LogP contribution in [0.1, 0.15) is 136 Å². The quantitative estimate of drug-likeness (QED) is 0.0285. The van der Waals surface area contributed by atoms with Gasteiger partial charge in [0, 0.05) is 51.6 Å². The fraction of sp³-hybridized carbons (Fsp3) is 0.826. The summed E-state index contributed by atoms with van der Waals surface area (Å²) >= 11 is 0. The Bertz CT molecular complexity index is 1320. The van der Waals surface area contributed by atoms with Crippen molar-refractivity contribution in [3.8, 4) is 0 Å². The van der Waals surface area contributed by atoms with Crippen LogP contribution in [0.25, 0.3) is 0 Å². The summed E-state index contributed by atoms with van der Waals surface area (Å²) in [5.74, 6) is -1.02. The Kier molecular flexibility index (Phi) is 23.6. The van der Waals surface area contributed by atoms with Gasteiger partial charge in [-0.05, 0) is 107 Å². The molecule has 0 saturated carbocycles. The van der Waals surface area contributed by atoms with Crippen LogP contribution >= 0.6 is 0 Å². The molecular formula is C46H80O13. The first kappa shape index (κ1) is 52.9. The minimum Gasteiger partial charge on any atom is -0.457 e. The van der Waals surface area contributed by atoms with E-state index in [9.17, 15) is 9.59 Å². The van der Waals surface area contributed by atoms with E-state index in [0.717, 1.165) is 12.0 Å². The number of hydrogen-bond acceptors (Lipinski definition) is 13. The van der Waals surface area contributed by atoms with E-state index in [1.165, 1.54) is 6.92 Å². The average Bonchev–Trinajstić information content (AvgIpc) is 3.91. The lowest BCUT2D eigenvalue weighted by Gasteiger charge is -2.39. The largest absolute Gasteiger partial charge is 0.457 e. The summed E-state index contributed by atoms with van der Waals surface area (Å²) < 4.78 is 66.7. The highest BCUT2D eigenvalue weighted by Gasteiger charge is 2.49. The van der Waals surface area contributed by atoms with Crippen LogP contribution in [0.2, 0.25) is 0 Å². The number of cyclic esters (lactones) is 1. The molecule has 0 aliphatic carbocycles. The maximum atomic E-state index is 13.7. The molecule has 2 heterocycles. The van der Waals surface area contributed by atoms with Crippen LogP contribution in [0.4, 0.5) is 0 Å². The van der Waals surface area contributed by atoms with Crippen molar-refractivity contribution in [1.82, 2.24) is 0 Å². The Morgan fingerprint density at radius 1 is 0.915 bits per heavy atom. The number of carbonyl (C=O) groups excluding carboxylic acids is 2. The van der Waals surface area contributed by atoms with E-state index in [0.29, 0.717) is 45.7 Å². The second kappa shape index (κ2) is 26.3. The zero-order chi connectivity index (χ0) is 44.3. The van der Waals surface area contributed by atoms with Crippen molar-refractivity contribution in [3.05, 3.63) is 36.0 Å². The van der Waals surface area contributed by atoms with Crippen molar-refractivity contribution in [2.45, 2.75) is 209 Å². The molecule has 2 aliphatic heterocycles. The fourth-order valence-corrected chi connectivity index (χ4v) is 7.85. The number of esters is 2. The van der Waals surface area contributed by atoms with E-state index in [1.807, 2.05) is 107 Å². The van der Waals surface area contributed by atoms with E-state index >= 15 is 0 Å². The Morgan fingerprint density at radius 2 is 1.53 bits per heavy atom. The van der Waals surface area contributed by atoms with Crippen LogP contribution in [-0.4, -0.2) is 111 Å². The van der Waals surface area contributed by atoms with Gasteiger partial charge in [0.25, 0.3) is 0 Å². The summed E-state index contributed by atoms with van der Waals surface area (Å²) in [6, 6.07) is 0. The molecule has 2 aliphatic rings. The first-order valence-corrected chi connectivity index (χ1v) is 22.0. The highest BCUT2D eigenvalue weighted by atomic mass is 16.7. The maximum absolute atomic E-state index is 13.7. The van der Waals surface area contributed by atoms with Gasteiger partial charge in [-0.3, -0.25) is 9.59 Å². The molecule has 14 atom stereocenters. The van der Waals surface area contributed by atoms with Gasteiger partial charge in [0.05, 0.1) is 36.4 Å². The highest BCUT2D eigenvalue weighted by molar-refractivity contribution is 5.70. The van der Waals surface area contributed by atoms with E-state index in [1.54, 1.807) is 6.92 Å². The maximum Gasteiger partial charge on any atom is 0.309 e. The van der Waals surface area contributed by atoms with Crippen molar-refractivity contribution in [2.75, 3.05) is 26.4 Å².